The molecule has 6 nitrogen and oxygen atoms in total. The van der Waals surface area contributed by atoms with Gasteiger partial charge in [0, 0.05) is 50.5 Å². The van der Waals surface area contributed by atoms with Crippen molar-refractivity contribution >= 4 is 65.7 Å². The van der Waals surface area contributed by atoms with Crippen molar-refractivity contribution in [3.8, 4) is 56.1 Å². The summed E-state index contributed by atoms with van der Waals surface area (Å²) in [6.07, 6.45) is 5.70. The molecule has 6 heterocycles. The lowest BCUT2D eigenvalue weighted by Crippen LogP contribution is -2.00. The van der Waals surface area contributed by atoms with Gasteiger partial charge in [-0.3, -0.25) is 14.5 Å². The molecule has 294 valence electrons. The van der Waals surface area contributed by atoms with Crippen molar-refractivity contribution in [1.82, 2.24) is 24.1 Å². The molecule has 0 saturated carbocycles. The third-order valence-electron chi connectivity index (χ3n) is 12.4. The van der Waals surface area contributed by atoms with E-state index in [1.165, 1.54) is 21.5 Å². The number of rotatable bonds is 6. The average molecular weight is 806 g/mol. The number of benzene rings is 7. The molecule has 0 spiro atoms. The van der Waals surface area contributed by atoms with Crippen LogP contribution in [0.2, 0.25) is 0 Å². The van der Waals surface area contributed by atoms with E-state index < -0.39 is 0 Å². The molecule has 0 radical (unpaired) electrons. The van der Waals surface area contributed by atoms with Gasteiger partial charge in [-0.15, -0.1) is 0 Å². The molecule has 0 N–H and O–H groups in total. The van der Waals surface area contributed by atoms with E-state index in [1.807, 2.05) is 42.9 Å². The van der Waals surface area contributed by atoms with Gasteiger partial charge in [-0.05, 0) is 101 Å². The molecule has 0 bridgehead atoms. The minimum atomic E-state index is 0.783. The second-order valence-corrected chi connectivity index (χ2v) is 16.1. The maximum Gasteiger partial charge on any atom is 0.153 e. The molecule has 0 saturated heterocycles. The van der Waals surface area contributed by atoms with E-state index in [-0.39, 0.29) is 0 Å². The smallest absolute Gasteiger partial charge is 0.153 e. The van der Waals surface area contributed by atoms with Gasteiger partial charge < -0.3 is 8.98 Å². The zero-order valence-electron chi connectivity index (χ0n) is 33.9. The Morgan fingerprint density at radius 2 is 1.02 bits per heavy atom. The number of para-hydroxylation sites is 2. The fourth-order valence-electron chi connectivity index (χ4n) is 9.50. The Morgan fingerprint density at radius 3 is 1.86 bits per heavy atom. The highest BCUT2D eigenvalue weighted by molar-refractivity contribution is 6.12. The van der Waals surface area contributed by atoms with Crippen molar-refractivity contribution < 1.29 is 4.42 Å². The Labute approximate surface area is 361 Å². The lowest BCUT2D eigenvalue weighted by molar-refractivity contribution is 0.668. The van der Waals surface area contributed by atoms with Crippen LogP contribution in [0.15, 0.2) is 217 Å². The molecule has 0 aliphatic carbocycles. The predicted octanol–water partition coefficient (Wildman–Crippen LogP) is 14.6. The SMILES string of the molecule is c1ccc(-c2cc(-c3ccccc3)nc(-n3c4ccccc4c4cc(-c5ccc6c7ccccc7n(-c7cncc(-c8ccc9oc%10cccnc%10c9c8)c7)c6c5)ccc43)c2)cc1. The topological polar surface area (TPSA) is 61.7 Å². The van der Waals surface area contributed by atoms with E-state index in [1.54, 1.807) is 0 Å². The fraction of sp³-hybridized carbons (Fsp3) is 0. The van der Waals surface area contributed by atoms with E-state index in [9.17, 15) is 0 Å². The zero-order valence-corrected chi connectivity index (χ0v) is 33.9. The molecule has 7 aromatic carbocycles. The number of fused-ring (bicyclic) bond motifs is 9. The summed E-state index contributed by atoms with van der Waals surface area (Å²) in [6.45, 7) is 0. The lowest BCUT2D eigenvalue weighted by Gasteiger charge is -2.13. The van der Waals surface area contributed by atoms with E-state index in [0.29, 0.717) is 0 Å². The number of furan rings is 1. The van der Waals surface area contributed by atoms with E-state index >= 15 is 0 Å². The van der Waals surface area contributed by atoms with Crippen LogP contribution >= 0.6 is 0 Å². The van der Waals surface area contributed by atoms with Gasteiger partial charge in [0.05, 0.1) is 39.6 Å². The molecular weight excluding hydrogens is 771 g/mol. The van der Waals surface area contributed by atoms with Gasteiger partial charge in [0.2, 0.25) is 0 Å². The summed E-state index contributed by atoms with van der Waals surface area (Å²) >= 11 is 0. The molecular formula is C57H35N5O. The highest BCUT2D eigenvalue weighted by Gasteiger charge is 2.19. The van der Waals surface area contributed by atoms with E-state index in [0.717, 1.165) is 100 Å². The van der Waals surface area contributed by atoms with Crippen LogP contribution in [0.3, 0.4) is 0 Å². The lowest BCUT2D eigenvalue weighted by atomic mass is 10.0. The highest BCUT2D eigenvalue weighted by Crippen LogP contribution is 2.40. The zero-order chi connectivity index (χ0) is 41.4. The van der Waals surface area contributed by atoms with Crippen LogP contribution < -0.4 is 0 Å². The monoisotopic (exact) mass is 805 g/mol. The predicted molar refractivity (Wildman–Crippen MR) is 258 cm³/mol. The first kappa shape index (κ1) is 35.2. The number of aromatic nitrogens is 5. The van der Waals surface area contributed by atoms with Crippen LogP contribution in [0.5, 0.6) is 0 Å². The standard InChI is InChI=1S/C57H35N5O/c1-3-12-36(13-4-1)41-31-49(37-14-5-2-6-15-37)60-56(33-41)62-51-19-10-8-17-45(51)47-29-38(22-25-52(47)62)40-21-24-46-44-16-7-9-18-50(44)61(53(46)32-40)43-28-42(34-58-35-43)39-23-26-54-48(30-39)57-55(63-54)20-11-27-59-57/h1-35H. The Hall–Kier alpha value is -8.61. The number of hydrogen-bond acceptors (Lipinski definition) is 4. The largest absolute Gasteiger partial charge is 0.454 e. The maximum atomic E-state index is 6.09. The van der Waals surface area contributed by atoms with Crippen LogP contribution in [0.25, 0.3) is 122 Å². The normalized spacial score (nSPS) is 11.8. The molecule has 0 aliphatic rings. The Bertz CT molecular complexity index is 3860. The molecule has 63 heavy (non-hydrogen) atoms. The van der Waals surface area contributed by atoms with Crippen LogP contribution in [0, 0.1) is 0 Å². The summed E-state index contributed by atoms with van der Waals surface area (Å²) in [5.74, 6) is 0.880. The van der Waals surface area contributed by atoms with Gasteiger partial charge >= 0.3 is 0 Å². The van der Waals surface area contributed by atoms with Gasteiger partial charge in [-0.2, -0.15) is 0 Å². The Kier molecular flexibility index (Phi) is 7.80. The van der Waals surface area contributed by atoms with Crippen LogP contribution in [0.1, 0.15) is 0 Å². The summed E-state index contributed by atoms with van der Waals surface area (Å²) in [5.41, 5.74) is 16.5. The first-order chi connectivity index (χ1) is 31.2. The fourth-order valence-corrected chi connectivity index (χ4v) is 9.50. The summed E-state index contributed by atoms with van der Waals surface area (Å²) in [4.78, 5) is 14.8. The number of hydrogen-bond donors (Lipinski definition) is 0. The van der Waals surface area contributed by atoms with Gasteiger partial charge in [0.1, 0.15) is 16.9 Å². The van der Waals surface area contributed by atoms with Crippen molar-refractivity contribution in [3.05, 3.63) is 213 Å². The minimum absolute atomic E-state index is 0.783. The average Bonchev–Trinajstić information content (AvgIpc) is 4.01. The molecule has 6 aromatic heterocycles. The molecule has 0 aliphatic heterocycles. The molecule has 0 fully saturated rings. The third-order valence-corrected chi connectivity index (χ3v) is 12.4. The maximum absolute atomic E-state index is 6.09. The van der Waals surface area contributed by atoms with Crippen molar-refractivity contribution in [3.63, 3.8) is 0 Å². The van der Waals surface area contributed by atoms with Crippen molar-refractivity contribution in [2.24, 2.45) is 0 Å². The first-order valence-corrected chi connectivity index (χ1v) is 21.2. The van der Waals surface area contributed by atoms with Gasteiger partial charge in [0.25, 0.3) is 0 Å². The minimum Gasteiger partial charge on any atom is -0.454 e. The van der Waals surface area contributed by atoms with Gasteiger partial charge in [-0.1, -0.05) is 121 Å². The summed E-state index contributed by atoms with van der Waals surface area (Å²) in [7, 11) is 0. The summed E-state index contributed by atoms with van der Waals surface area (Å²) < 4.78 is 10.8. The van der Waals surface area contributed by atoms with E-state index in [2.05, 4.69) is 184 Å². The highest BCUT2D eigenvalue weighted by atomic mass is 16.3. The Balaban J connectivity index is 0.961. The van der Waals surface area contributed by atoms with Crippen LogP contribution in [-0.4, -0.2) is 24.1 Å². The molecule has 13 aromatic rings. The quantitative estimate of drug-likeness (QED) is 0.168. The molecule has 0 amide bonds. The van der Waals surface area contributed by atoms with Crippen LogP contribution in [-0.2, 0) is 0 Å². The van der Waals surface area contributed by atoms with Crippen molar-refractivity contribution in [2.75, 3.05) is 0 Å². The molecule has 0 atom stereocenters. The number of nitrogens with zero attached hydrogens (tertiary/aromatic N) is 5. The number of pyridine rings is 3. The van der Waals surface area contributed by atoms with E-state index in [4.69, 9.17) is 14.4 Å². The van der Waals surface area contributed by atoms with Crippen molar-refractivity contribution in [1.29, 1.82) is 0 Å². The first-order valence-electron chi connectivity index (χ1n) is 21.2. The van der Waals surface area contributed by atoms with Crippen LogP contribution in [0.4, 0.5) is 0 Å². The molecule has 0 unspecified atom stereocenters. The third kappa shape index (κ3) is 5.69. The second kappa shape index (κ2) is 14.0. The van der Waals surface area contributed by atoms with Gasteiger partial charge in [-0.25, -0.2) is 4.98 Å². The summed E-state index contributed by atoms with van der Waals surface area (Å²) in [5, 5.41) is 5.72. The molecule has 6 heteroatoms. The van der Waals surface area contributed by atoms with Crippen molar-refractivity contribution in [2.45, 2.75) is 0 Å². The molecule has 13 rings (SSSR count). The van der Waals surface area contributed by atoms with Gasteiger partial charge in [0.15, 0.2) is 5.58 Å². The summed E-state index contributed by atoms with van der Waals surface area (Å²) in [6, 6.07) is 68.8. The Morgan fingerprint density at radius 1 is 0.365 bits per heavy atom. The second-order valence-electron chi connectivity index (χ2n) is 16.1.